The standard InChI is InChI=1S/C20H22BrN5S/c1-13-5-9-17(10-6-13)20(21)23-25(18-11-7-14(2)8-12-18)26(24-20)19-22-15(3)16(4)27-19/h5-12,23-24H,1-4H3. The van der Waals surface area contributed by atoms with Crippen molar-refractivity contribution in [2.75, 3.05) is 10.2 Å². The van der Waals surface area contributed by atoms with E-state index in [0.717, 1.165) is 22.1 Å². The smallest absolute Gasteiger partial charge is 0.221 e. The van der Waals surface area contributed by atoms with Gasteiger partial charge < -0.3 is 0 Å². The Kier molecular flexibility index (Phi) is 4.71. The molecule has 7 heteroatoms. The second-order valence-corrected chi connectivity index (χ2v) is 9.22. The van der Waals surface area contributed by atoms with E-state index in [-0.39, 0.29) is 0 Å². The molecule has 2 N–H and O–H groups in total. The Bertz CT molecular complexity index is 934. The van der Waals surface area contributed by atoms with Gasteiger partial charge in [0.25, 0.3) is 0 Å². The fourth-order valence-corrected chi connectivity index (χ4v) is 4.34. The summed E-state index contributed by atoms with van der Waals surface area (Å²) in [6.07, 6.45) is 0. The highest BCUT2D eigenvalue weighted by molar-refractivity contribution is 9.09. The van der Waals surface area contributed by atoms with Gasteiger partial charge in [0, 0.05) is 10.4 Å². The van der Waals surface area contributed by atoms with E-state index in [0.29, 0.717) is 0 Å². The minimum atomic E-state index is -0.640. The fraction of sp³-hybridized carbons (Fsp3) is 0.250. The fourth-order valence-electron chi connectivity index (χ4n) is 2.87. The molecule has 2 aromatic carbocycles. The molecule has 5 nitrogen and oxygen atoms in total. The maximum absolute atomic E-state index is 4.74. The lowest BCUT2D eigenvalue weighted by Gasteiger charge is -2.26. The summed E-state index contributed by atoms with van der Waals surface area (Å²) in [5.74, 6) is 0. The number of rotatable bonds is 3. The molecular weight excluding hydrogens is 422 g/mol. The van der Waals surface area contributed by atoms with Gasteiger partial charge >= 0.3 is 0 Å². The summed E-state index contributed by atoms with van der Waals surface area (Å²) in [4.78, 5) is 5.94. The van der Waals surface area contributed by atoms with Gasteiger partial charge in [0.1, 0.15) is 0 Å². The van der Waals surface area contributed by atoms with Crippen molar-refractivity contribution in [3.8, 4) is 0 Å². The number of alkyl halides is 1. The van der Waals surface area contributed by atoms with Crippen LogP contribution in [0.4, 0.5) is 10.8 Å². The van der Waals surface area contributed by atoms with E-state index in [2.05, 4.69) is 96.1 Å². The van der Waals surface area contributed by atoms with Crippen LogP contribution in [0, 0.1) is 27.7 Å². The molecule has 140 valence electrons. The van der Waals surface area contributed by atoms with Crippen molar-refractivity contribution in [3.63, 3.8) is 0 Å². The van der Waals surface area contributed by atoms with E-state index in [9.17, 15) is 0 Å². The van der Waals surface area contributed by atoms with Crippen LogP contribution in [0.3, 0.4) is 0 Å². The number of hydrogen-bond donors (Lipinski definition) is 2. The van der Waals surface area contributed by atoms with E-state index in [1.807, 2.05) is 17.2 Å². The van der Waals surface area contributed by atoms with Gasteiger partial charge in [-0.3, -0.25) is 0 Å². The highest BCUT2D eigenvalue weighted by Crippen LogP contribution is 2.37. The second-order valence-electron chi connectivity index (χ2n) is 6.85. The molecule has 1 unspecified atom stereocenters. The molecule has 1 aliphatic rings. The molecule has 0 saturated carbocycles. The Balaban J connectivity index is 1.76. The zero-order valence-corrected chi connectivity index (χ0v) is 18.1. The highest BCUT2D eigenvalue weighted by Gasteiger charge is 2.43. The zero-order chi connectivity index (χ0) is 19.2. The Hall–Kier alpha value is -1.93. The van der Waals surface area contributed by atoms with Gasteiger partial charge in [-0.25, -0.2) is 4.98 Å². The van der Waals surface area contributed by atoms with Gasteiger partial charge in [0.05, 0.1) is 11.4 Å². The molecule has 1 fully saturated rings. The zero-order valence-electron chi connectivity index (χ0n) is 15.7. The third kappa shape index (κ3) is 3.48. The maximum atomic E-state index is 4.74. The number of hydrogen-bond acceptors (Lipinski definition) is 6. The van der Waals surface area contributed by atoms with Crippen molar-refractivity contribution < 1.29 is 0 Å². The molecule has 0 amide bonds. The first kappa shape index (κ1) is 18.4. The van der Waals surface area contributed by atoms with Crippen LogP contribution in [0.15, 0.2) is 48.5 Å². The van der Waals surface area contributed by atoms with Gasteiger partial charge in [-0.2, -0.15) is 21.1 Å². The Morgan fingerprint density at radius 2 is 1.41 bits per heavy atom. The normalized spacial score (nSPS) is 19.7. The van der Waals surface area contributed by atoms with Crippen LogP contribution < -0.4 is 21.1 Å². The number of aryl methyl sites for hydroxylation is 4. The first-order valence-electron chi connectivity index (χ1n) is 8.78. The largest absolute Gasteiger partial charge is 0.223 e. The van der Waals surface area contributed by atoms with Crippen molar-refractivity contribution in [2.24, 2.45) is 0 Å². The molecule has 1 aliphatic heterocycles. The predicted octanol–water partition coefficient (Wildman–Crippen LogP) is 4.83. The quantitative estimate of drug-likeness (QED) is 0.448. The molecule has 0 bridgehead atoms. The van der Waals surface area contributed by atoms with Crippen molar-refractivity contribution >= 4 is 38.1 Å². The van der Waals surface area contributed by atoms with Gasteiger partial charge in [0.2, 0.25) is 5.13 Å². The monoisotopic (exact) mass is 443 g/mol. The summed E-state index contributed by atoms with van der Waals surface area (Å²) in [5.41, 5.74) is 12.7. The Morgan fingerprint density at radius 1 is 0.852 bits per heavy atom. The minimum absolute atomic E-state index is 0.640. The number of halogens is 1. The van der Waals surface area contributed by atoms with E-state index in [4.69, 9.17) is 4.98 Å². The molecule has 3 aromatic rings. The summed E-state index contributed by atoms with van der Waals surface area (Å²) in [6.45, 7) is 8.31. The SMILES string of the molecule is Cc1ccc(N2NC(Br)(c3ccc(C)cc3)NN2c2nc(C)c(C)s2)cc1. The van der Waals surface area contributed by atoms with Crippen LogP contribution in [0.1, 0.15) is 27.3 Å². The van der Waals surface area contributed by atoms with Crippen LogP contribution in [-0.4, -0.2) is 4.98 Å². The number of nitrogens with zero attached hydrogens (tertiary/aromatic N) is 3. The summed E-state index contributed by atoms with van der Waals surface area (Å²) in [6, 6.07) is 16.8. The van der Waals surface area contributed by atoms with Crippen LogP contribution in [0.2, 0.25) is 0 Å². The molecule has 1 atom stereocenters. The third-order valence-electron chi connectivity index (χ3n) is 4.65. The lowest BCUT2D eigenvalue weighted by molar-refractivity contribution is 0.525. The molecule has 2 heterocycles. The summed E-state index contributed by atoms with van der Waals surface area (Å²) >= 11 is 5.53. The second kappa shape index (κ2) is 6.91. The van der Waals surface area contributed by atoms with Gasteiger partial charge in [-0.1, -0.05) is 58.9 Å². The van der Waals surface area contributed by atoms with Crippen LogP contribution in [-0.2, 0) is 4.57 Å². The first-order chi connectivity index (χ1) is 12.9. The molecule has 4 rings (SSSR count). The van der Waals surface area contributed by atoms with Gasteiger partial charge in [0.15, 0.2) is 4.57 Å². The van der Waals surface area contributed by atoms with Crippen molar-refractivity contribution in [2.45, 2.75) is 32.3 Å². The van der Waals surface area contributed by atoms with Gasteiger partial charge in [-0.05, 0) is 55.8 Å². The Labute approximate surface area is 172 Å². The highest BCUT2D eigenvalue weighted by atomic mass is 79.9. The topological polar surface area (TPSA) is 43.4 Å². The van der Waals surface area contributed by atoms with E-state index >= 15 is 0 Å². The van der Waals surface area contributed by atoms with Gasteiger partial charge in [-0.15, -0.1) is 0 Å². The van der Waals surface area contributed by atoms with E-state index in [1.54, 1.807) is 11.3 Å². The minimum Gasteiger partial charge on any atom is -0.223 e. The van der Waals surface area contributed by atoms with Crippen molar-refractivity contribution in [3.05, 3.63) is 75.8 Å². The predicted molar refractivity (Wildman–Crippen MR) is 116 cm³/mol. The summed E-state index contributed by atoms with van der Waals surface area (Å²) in [7, 11) is 0. The lowest BCUT2D eigenvalue weighted by atomic mass is 10.1. The summed E-state index contributed by atoms with van der Waals surface area (Å²) < 4.78 is -0.640. The van der Waals surface area contributed by atoms with Crippen molar-refractivity contribution in [1.82, 2.24) is 15.8 Å². The number of thiazole rings is 1. The average molecular weight is 444 g/mol. The molecule has 27 heavy (non-hydrogen) atoms. The number of aromatic nitrogens is 1. The molecule has 0 spiro atoms. The number of benzene rings is 2. The van der Waals surface area contributed by atoms with Crippen LogP contribution >= 0.6 is 27.3 Å². The average Bonchev–Trinajstić information content (AvgIpc) is 3.17. The van der Waals surface area contributed by atoms with Crippen LogP contribution in [0.5, 0.6) is 0 Å². The van der Waals surface area contributed by atoms with E-state index in [1.165, 1.54) is 16.0 Å². The maximum Gasteiger partial charge on any atom is 0.221 e. The molecule has 0 aliphatic carbocycles. The van der Waals surface area contributed by atoms with E-state index < -0.39 is 4.57 Å². The number of hydrazine groups is 3. The third-order valence-corrected chi connectivity index (χ3v) is 6.51. The number of nitrogens with one attached hydrogen (secondary N) is 2. The molecular formula is C20H22BrN5S. The summed E-state index contributed by atoms with van der Waals surface area (Å²) in [5, 5.41) is 4.84. The molecule has 0 radical (unpaired) electrons. The molecule has 1 aromatic heterocycles. The van der Waals surface area contributed by atoms with Crippen molar-refractivity contribution in [1.29, 1.82) is 0 Å². The van der Waals surface area contributed by atoms with Crippen LogP contribution in [0.25, 0.3) is 0 Å². The number of anilines is 2. The lowest BCUT2D eigenvalue weighted by Crippen LogP contribution is -2.45. The first-order valence-corrected chi connectivity index (χ1v) is 10.4. The molecule has 1 saturated heterocycles. The Morgan fingerprint density at radius 3 is 1.96 bits per heavy atom.